The van der Waals surface area contributed by atoms with E-state index in [-0.39, 0.29) is 6.04 Å². The first kappa shape index (κ1) is 15.5. The second-order valence-electron chi connectivity index (χ2n) is 4.66. The summed E-state index contributed by atoms with van der Waals surface area (Å²) in [6.07, 6.45) is 5.06. The maximum atomic E-state index is 6.44. The van der Waals surface area contributed by atoms with Crippen LogP contribution in [0.25, 0.3) is 0 Å². The first-order chi connectivity index (χ1) is 9.67. The van der Waals surface area contributed by atoms with Crippen molar-refractivity contribution >= 4 is 27.5 Å². The van der Waals surface area contributed by atoms with Crippen LogP contribution in [0.3, 0.4) is 0 Å². The number of aromatic nitrogens is 2. The molecule has 0 spiro atoms. The smallest absolute Gasteiger partial charge is 0.0623 e. The number of nitrogens with one attached hydrogen (secondary N) is 1. The predicted molar refractivity (Wildman–Crippen MR) is 87.2 cm³/mol. The molecule has 1 unspecified atom stereocenters. The van der Waals surface area contributed by atoms with Crippen molar-refractivity contribution in [3.8, 4) is 0 Å². The average Bonchev–Trinajstić information content (AvgIpc) is 2.92. The van der Waals surface area contributed by atoms with E-state index in [1.807, 2.05) is 23.0 Å². The van der Waals surface area contributed by atoms with E-state index in [0.29, 0.717) is 0 Å². The third-order valence-electron chi connectivity index (χ3n) is 3.20. The van der Waals surface area contributed by atoms with Gasteiger partial charge in [0.25, 0.3) is 0 Å². The molecule has 1 N–H and O–H groups in total. The highest BCUT2D eigenvalue weighted by Crippen LogP contribution is 2.33. The molecule has 2 aromatic rings. The van der Waals surface area contributed by atoms with Gasteiger partial charge in [-0.25, -0.2) is 0 Å². The lowest BCUT2D eigenvalue weighted by atomic mass is 10.0. The number of halogens is 2. The van der Waals surface area contributed by atoms with Gasteiger partial charge in [0.1, 0.15) is 0 Å². The molecule has 1 atom stereocenters. The normalized spacial score (nSPS) is 12.6. The largest absolute Gasteiger partial charge is 0.306 e. The minimum atomic E-state index is 0.0697. The summed E-state index contributed by atoms with van der Waals surface area (Å²) in [5.41, 5.74) is 2.21. The molecule has 20 heavy (non-hydrogen) atoms. The summed E-state index contributed by atoms with van der Waals surface area (Å²) in [7, 11) is 0. The molecule has 0 aliphatic heterocycles. The highest BCUT2D eigenvalue weighted by Gasteiger charge is 2.19. The van der Waals surface area contributed by atoms with Gasteiger partial charge in [0, 0.05) is 22.8 Å². The molecule has 1 aromatic heterocycles. The van der Waals surface area contributed by atoms with Gasteiger partial charge in [-0.15, -0.1) is 0 Å². The summed E-state index contributed by atoms with van der Waals surface area (Å²) >= 11 is 9.94. The Hall–Kier alpha value is -0.840. The lowest BCUT2D eigenvalue weighted by Gasteiger charge is -2.19. The summed E-state index contributed by atoms with van der Waals surface area (Å²) in [5.74, 6) is 0. The highest BCUT2D eigenvalue weighted by atomic mass is 79.9. The molecule has 2 rings (SSSR count). The summed E-state index contributed by atoms with van der Waals surface area (Å²) in [4.78, 5) is 0. The first-order valence-electron chi connectivity index (χ1n) is 6.87. The molecular formula is C15H19BrClN3. The maximum absolute atomic E-state index is 6.44. The zero-order valence-corrected chi connectivity index (χ0v) is 14.1. The fourth-order valence-corrected chi connectivity index (χ4v) is 2.76. The zero-order valence-electron chi connectivity index (χ0n) is 11.7. The summed E-state index contributed by atoms with van der Waals surface area (Å²) < 4.78 is 2.85. The third-order valence-corrected chi connectivity index (χ3v) is 4.51. The molecule has 0 amide bonds. The van der Waals surface area contributed by atoms with Crippen molar-refractivity contribution in [1.82, 2.24) is 15.1 Å². The Morgan fingerprint density at radius 2 is 2.20 bits per heavy atom. The van der Waals surface area contributed by atoms with Gasteiger partial charge in [0.2, 0.25) is 0 Å². The topological polar surface area (TPSA) is 29.9 Å². The van der Waals surface area contributed by atoms with Gasteiger partial charge in [-0.3, -0.25) is 4.68 Å². The molecular weight excluding hydrogens is 338 g/mol. The Labute approximate surface area is 133 Å². The molecule has 0 aliphatic rings. The Morgan fingerprint density at radius 1 is 1.40 bits per heavy atom. The van der Waals surface area contributed by atoms with E-state index >= 15 is 0 Å². The summed E-state index contributed by atoms with van der Waals surface area (Å²) in [6, 6.07) is 6.10. The van der Waals surface area contributed by atoms with Crippen LogP contribution in [0.1, 0.15) is 37.4 Å². The SMILES string of the molecule is CCCNC(c1cnn(CC)c1)c1cccc(Br)c1Cl. The lowest BCUT2D eigenvalue weighted by molar-refractivity contribution is 0.596. The first-order valence-corrected chi connectivity index (χ1v) is 8.04. The fourth-order valence-electron chi connectivity index (χ4n) is 2.14. The maximum Gasteiger partial charge on any atom is 0.0623 e. The molecule has 1 aromatic carbocycles. The van der Waals surface area contributed by atoms with E-state index in [0.717, 1.165) is 40.1 Å². The number of aryl methyl sites for hydroxylation is 1. The molecule has 0 saturated carbocycles. The second-order valence-corrected chi connectivity index (χ2v) is 5.89. The Kier molecular flexibility index (Phi) is 5.64. The van der Waals surface area contributed by atoms with Crippen molar-refractivity contribution in [2.45, 2.75) is 32.9 Å². The molecule has 0 saturated heterocycles. The Balaban J connectivity index is 2.38. The zero-order chi connectivity index (χ0) is 14.5. The van der Waals surface area contributed by atoms with Gasteiger partial charge < -0.3 is 5.32 Å². The van der Waals surface area contributed by atoms with Crippen molar-refractivity contribution in [2.75, 3.05) is 6.54 Å². The van der Waals surface area contributed by atoms with E-state index in [4.69, 9.17) is 11.6 Å². The molecule has 3 nitrogen and oxygen atoms in total. The minimum Gasteiger partial charge on any atom is -0.306 e. The van der Waals surface area contributed by atoms with E-state index < -0.39 is 0 Å². The number of nitrogens with zero attached hydrogens (tertiary/aromatic N) is 2. The number of hydrogen-bond acceptors (Lipinski definition) is 2. The number of benzene rings is 1. The standard InChI is InChI=1S/C15H19BrClN3/c1-3-8-18-15(11-9-19-20(4-2)10-11)12-6-5-7-13(16)14(12)17/h5-7,9-10,15,18H,3-4,8H2,1-2H3. The number of rotatable bonds is 6. The monoisotopic (exact) mass is 355 g/mol. The van der Waals surface area contributed by atoms with Crippen LogP contribution in [-0.2, 0) is 6.54 Å². The van der Waals surface area contributed by atoms with Crippen LogP contribution < -0.4 is 5.32 Å². The fraction of sp³-hybridized carbons (Fsp3) is 0.400. The van der Waals surface area contributed by atoms with Gasteiger partial charge in [-0.1, -0.05) is 30.7 Å². The lowest BCUT2D eigenvalue weighted by Crippen LogP contribution is -2.23. The van der Waals surface area contributed by atoms with Crippen molar-refractivity contribution in [3.63, 3.8) is 0 Å². The summed E-state index contributed by atoms with van der Waals surface area (Å²) in [5, 5.41) is 8.67. The van der Waals surface area contributed by atoms with E-state index in [1.54, 1.807) is 0 Å². The molecule has 0 aliphatic carbocycles. The Bertz CT molecular complexity index is 568. The van der Waals surface area contributed by atoms with Gasteiger partial charge in [0.05, 0.1) is 17.3 Å². The van der Waals surface area contributed by atoms with Crippen molar-refractivity contribution < 1.29 is 0 Å². The van der Waals surface area contributed by atoms with Gasteiger partial charge in [-0.2, -0.15) is 5.10 Å². The van der Waals surface area contributed by atoms with Crippen LogP contribution in [0, 0.1) is 0 Å². The van der Waals surface area contributed by atoms with E-state index in [2.05, 4.69) is 52.5 Å². The second kappa shape index (κ2) is 7.25. The van der Waals surface area contributed by atoms with Crippen LogP contribution in [0.5, 0.6) is 0 Å². The van der Waals surface area contributed by atoms with E-state index in [9.17, 15) is 0 Å². The van der Waals surface area contributed by atoms with E-state index in [1.165, 1.54) is 0 Å². The average molecular weight is 357 g/mol. The van der Waals surface area contributed by atoms with Crippen LogP contribution in [-0.4, -0.2) is 16.3 Å². The Morgan fingerprint density at radius 3 is 2.85 bits per heavy atom. The molecule has 108 valence electrons. The molecule has 1 heterocycles. The number of hydrogen-bond donors (Lipinski definition) is 1. The summed E-state index contributed by atoms with van der Waals surface area (Å²) in [6.45, 7) is 6.04. The van der Waals surface area contributed by atoms with Crippen LogP contribution in [0.4, 0.5) is 0 Å². The third kappa shape index (κ3) is 3.43. The molecule has 0 radical (unpaired) electrons. The van der Waals surface area contributed by atoms with Gasteiger partial charge in [-0.05, 0) is 47.4 Å². The highest BCUT2D eigenvalue weighted by molar-refractivity contribution is 9.10. The quantitative estimate of drug-likeness (QED) is 0.831. The minimum absolute atomic E-state index is 0.0697. The van der Waals surface area contributed by atoms with Gasteiger partial charge >= 0.3 is 0 Å². The molecule has 5 heteroatoms. The van der Waals surface area contributed by atoms with Crippen LogP contribution in [0.2, 0.25) is 5.02 Å². The molecule has 0 fully saturated rings. The predicted octanol–water partition coefficient (Wildman–Crippen LogP) is 4.41. The van der Waals surface area contributed by atoms with Crippen molar-refractivity contribution in [1.29, 1.82) is 0 Å². The van der Waals surface area contributed by atoms with Crippen LogP contribution in [0.15, 0.2) is 35.1 Å². The van der Waals surface area contributed by atoms with Crippen LogP contribution >= 0.6 is 27.5 Å². The van der Waals surface area contributed by atoms with Crippen molar-refractivity contribution in [3.05, 3.63) is 51.2 Å². The molecule has 0 bridgehead atoms. The van der Waals surface area contributed by atoms with Gasteiger partial charge in [0.15, 0.2) is 0 Å². The van der Waals surface area contributed by atoms with Crippen molar-refractivity contribution in [2.24, 2.45) is 0 Å².